The number of hydrogen-bond acceptors (Lipinski definition) is 4. The van der Waals surface area contributed by atoms with Crippen molar-refractivity contribution >= 4 is 11.9 Å². The van der Waals surface area contributed by atoms with Gasteiger partial charge in [-0.05, 0) is 10.4 Å². The van der Waals surface area contributed by atoms with Crippen LogP contribution in [0.15, 0.2) is 6.58 Å². The number of nitrogens with zero attached hydrogens (tertiary/aromatic N) is 4. The van der Waals surface area contributed by atoms with Gasteiger partial charge in [-0.15, -0.1) is 0 Å². The molecule has 1 aromatic heterocycles. The number of carbonyl (C=O) groups excluding carboxylic acids is 1. The molecule has 0 aliphatic carbocycles. The monoisotopic (exact) mass is 241 g/mol. The predicted octanol–water partition coefficient (Wildman–Crippen LogP) is -0.865. The molecule has 0 aliphatic rings. The summed E-state index contributed by atoms with van der Waals surface area (Å²) in [6.45, 7) is 3.16. The van der Waals surface area contributed by atoms with Gasteiger partial charge in [0.05, 0.1) is 5.91 Å². The Morgan fingerprint density at radius 3 is 2.83 bits per heavy atom. The first kappa shape index (κ1) is 11.4. The van der Waals surface area contributed by atoms with Gasteiger partial charge in [-0.3, -0.25) is 6.58 Å². The molecule has 0 unspecified atom stereocenters. The van der Waals surface area contributed by atoms with E-state index in [0.29, 0.717) is 0 Å². The van der Waals surface area contributed by atoms with Crippen LogP contribution in [-0.2, 0) is 44.6 Å². The first-order valence-corrected chi connectivity index (χ1v) is 2.80. The van der Waals surface area contributed by atoms with Gasteiger partial charge in [0.2, 0.25) is 5.95 Å². The zero-order chi connectivity index (χ0) is 8.27. The maximum Gasteiger partial charge on any atom is 0.247 e. The maximum absolute atomic E-state index is 10.6. The first-order chi connectivity index (χ1) is 5.24. The molecule has 1 heterocycles. The van der Waals surface area contributed by atoms with Crippen LogP contribution in [0.3, 0.4) is 0 Å². The molecular weight excluding hydrogens is 235 g/mol. The molecule has 0 saturated heterocycles. The molecule has 1 aromatic rings. The zero-order valence-electron chi connectivity index (χ0n) is 6.48. The topological polar surface area (TPSA) is 72.7 Å². The van der Waals surface area contributed by atoms with Crippen LogP contribution < -0.4 is 5.32 Å². The van der Waals surface area contributed by atoms with Gasteiger partial charge in [-0.25, -0.2) is 4.68 Å². The van der Waals surface area contributed by atoms with Crippen LogP contribution in [0.25, 0.3) is 0 Å². The number of aryl methyl sites for hydroxylation is 1. The van der Waals surface area contributed by atoms with E-state index in [-0.39, 0.29) is 38.7 Å². The molecular formula is C5H6N5OY-. The molecule has 1 rings (SSSR count). The maximum atomic E-state index is 10.6. The van der Waals surface area contributed by atoms with Crippen LogP contribution in [0.1, 0.15) is 0 Å². The van der Waals surface area contributed by atoms with Crippen LogP contribution >= 0.6 is 0 Å². The number of tetrazole rings is 1. The standard InChI is InChI=1S/C5H6N5O.Y/c1-3-4(11)6-5-7-8-9-10(5)2;/h1H2,2H3,(H,6,7,9,11);/q-1;. The molecule has 6 nitrogen and oxygen atoms in total. The average Bonchev–Trinajstić information content (AvgIpc) is 2.37. The minimum Gasteiger partial charge on any atom is -0.412 e. The van der Waals surface area contributed by atoms with Crippen molar-refractivity contribution in [1.82, 2.24) is 20.2 Å². The summed E-state index contributed by atoms with van der Waals surface area (Å²) in [7, 11) is 1.61. The third-order valence-corrected chi connectivity index (χ3v) is 1.01. The number of carbonyl (C=O) groups is 1. The largest absolute Gasteiger partial charge is 0.412 e. The van der Waals surface area contributed by atoms with E-state index in [0.717, 1.165) is 0 Å². The van der Waals surface area contributed by atoms with Crippen LogP contribution in [0.2, 0.25) is 0 Å². The van der Waals surface area contributed by atoms with Crippen molar-refractivity contribution in [1.29, 1.82) is 0 Å². The Morgan fingerprint density at radius 2 is 2.42 bits per heavy atom. The number of hydrogen-bond donors (Lipinski definition) is 1. The molecule has 0 spiro atoms. The van der Waals surface area contributed by atoms with Gasteiger partial charge in [0.25, 0.3) is 0 Å². The van der Waals surface area contributed by atoms with Gasteiger partial charge in [0.15, 0.2) is 0 Å². The normalized spacial score (nSPS) is 8.42. The van der Waals surface area contributed by atoms with E-state index >= 15 is 0 Å². The Bertz CT molecular complexity index is 283. The molecule has 0 fully saturated rings. The summed E-state index contributed by atoms with van der Waals surface area (Å²) in [5.74, 6) is -0.186. The van der Waals surface area contributed by atoms with Crippen molar-refractivity contribution in [3.05, 3.63) is 12.7 Å². The molecule has 0 aliphatic heterocycles. The van der Waals surface area contributed by atoms with Crippen molar-refractivity contribution in [3.8, 4) is 0 Å². The van der Waals surface area contributed by atoms with E-state index in [1.807, 2.05) is 0 Å². The van der Waals surface area contributed by atoms with Crippen LogP contribution in [0.4, 0.5) is 5.95 Å². The fourth-order valence-corrected chi connectivity index (χ4v) is 0.481. The van der Waals surface area contributed by atoms with Crippen LogP contribution in [0, 0.1) is 6.08 Å². The van der Waals surface area contributed by atoms with E-state index in [9.17, 15) is 4.79 Å². The van der Waals surface area contributed by atoms with Gasteiger partial charge >= 0.3 is 0 Å². The molecule has 0 bridgehead atoms. The van der Waals surface area contributed by atoms with E-state index in [4.69, 9.17) is 0 Å². The summed E-state index contributed by atoms with van der Waals surface area (Å²) < 4.78 is 1.33. The molecule has 0 saturated carbocycles. The second-order valence-electron chi connectivity index (χ2n) is 1.76. The first-order valence-electron chi connectivity index (χ1n) is 2.80. The van der Waals surface area contributed by atoms with Crippen LogP contribution in [0.5, 0.6) is 0 Å². The summed E-state index contributed by atoms with van der Waals surface area (Å²) in [6.07, 6.45) is 2.12. The van der Waals surface area contributed by atoms with Crippen molar-refractivity contribution in [2.24, 2.45) is 7.05 Å². The molecule has 1 amide bonds. The van der Waals surface area contributed by atoms with Crippen molar-refractivity contribution < 1.29 is 37.5 Å². The van der Waals surface area contributed by atoms with Crippen LogP contribution in [-0.4, -0.2) is 26.1 Å². The summed E-state index contributed by atoms with van der Waals surface area (Å²) in [4.78, 5) is 10.6. The molecule has 0 atom stereocenters. The van der Waals surface area contributed by atoms with Gasteiger partial charge in [-0.1, -0.05) is 5.10 Å². The Morgan fingerprint density at radius 1 is 1.75 bits per heavy atom. The van der Waals surface area contributed by atoms with Crippen molar-refractivity contribution in [3.63, 3.8) is 0 Å². The minimum absolute atomic E-state index is 0. The third-order valence-electron chi connectivity index (χ3n) is 1.01. The molecule has 12 heavy (non-hydrogen) atoms. The molecule has 61 valence electrons. The summed E-state index contributed by atoms with van der Waals surface area (Å²) in [6, 6.07) is 0. The Labute approximate surface area is 94.3 Å². The third kappa shape index (κ3) is 2.79. The molecule has 0 aromatic carbocycles. The van der Waals surface area contributed by atoms with E-state index in [1.54, 1.807) is 7.05 Å². The number of amides is 1. The second-order valence-corrected chi connectivity index (χ2v) is 1.76. The predicted molar refractivity (Wildman–Crippen MR) is 36.3 cm³/mol. The van der Waals surface area contributed by atoms with Crippen molar-refractivity contribution in [2.75, 3.05) is 5.32 Å². The SMILES string of the molecule is C=[C-]C(=O)Nc1nnnn1C.[Y]. The number of rotatable bonds is 2. The van der Waals surface area contributed by atoms with Crippen molar-refractivity contribution in [2.45, 2.75) is 0 Å². The smallest absolute Gasteiger partial charge is 0.247 e. The van der Waals surface area contributed by atoms with Gasteiger partial charge < -0.3 is 16.2 Å². The van der Waals surface area contributed by atoms with Gasteiger partial charge in [-0.2, -0.15) is 0 Å². The second kappa shape index (κ2) is 5.10. The van der Waals surface area contributed by atoms with E-state index in [1.165, 1.54) is 4.68 Å². The van der Waals surface area contributed by atoms with Gasteiger partial charge in [0.1, 0.15) is 0 Å². The number of nitrogens with one attached hydrogen (secondary N) is 1. The average molecular weight is 241 g/mol. The van der Waals surface area contributed by atoms with E-state index in [2.05, 4.69) is 33.5 Å². The molecule has 7 heteroatoms. The Kier molecular flexibility index (Phi) is 4.84. The Hall–Kier alpha value is -0.616. The van der Waals surface area contributed by atoms with E-state index < -0.39 is 5.91 Å². The quantitative estimate of drug-likeness (QED) is 0.540. The minimum atomic E-state index is -0.456. The molecule has 1 radical (unpaired) electrons. The van der Waals surface area contributed by atoms with Gasteiger partial charge in [0, 0.05) is 39.8 Å². The fourth-order valence-electron chi connectivity index (χ4n) is 0.481. The zero-order valence-corrected chi connectivity index (χ0v) is 9.32. The molecule has 1 N–H and O–H groups in total. The number of anilines is 1. The fraction of sp³-hybridized carbons (Fsp3) is 0.200. The summed E-state index contributed by atoms with van der Waals surface area (Å²) in [5, 5.41) is 12.7. The number of aromatic nitrogens is 4. The Balaban J connectivity index is 0.00000121. The summed E-state index contributed by atoms with van der Waals surface area (Å²) >= 11 is 0. The summed E-state index contributed by atoms with van der Waals surface area (Å²) in [5.41, 5.74) is 0.